The molecule has 0 aliphatic carbocycles. The van der Waals surface area contributed by atoms with Crippen LogP contribution >= 0.6 is 0 Å². The summed E-state index contributed by atoms with van der Waals surface area (Å²) >= 11 is 0. The number of aliphatic hydroxyl groups is 1. The largest absolute Gasteiger partial charge is 0.493 e. The van der Waals surface area contributed by atoms with Gasteiger partial charge in [0, 0.05) is 56.8 Å². The number of amides is 2. The minimum absolute atomic E-state index is 0.0993. The molecule has 0 aromatic heterocycles. The van der Waals surface area contributed by atoms with Gasteiger partial charge in [0.25, 0.3) is 5.91 Å². The molecule has 0 saturated heterocycles. The van der Waals surface area contributed by atoms with Crippen molar-refractivity contribution in [2.24, 2.45) is 11.7 Å². The Morgan fingerprint density at radius 3 is 2.43 bits per heavy atom. The summed E-state index contributed by atoms with van der Waals surface area (Å²) < 4.78 is 16.2. The van der Waals surface area contributed by atoms with Gasteiger partial charge < -0.3 is 35.3 Å². The lowest BCUT2D eigenvalue weighted by Crippen LogP contribution is -2.50. The summed E-state index contributed by atoms with van der Waals surface area (Å²) in [7, 11) is 3.18. The maximum absolute atomic E-state index is 13.4. The van der Waals surface area contributed by atoms with Gasteiger partial charge in [-0.1, -0.05) is 20.3 Å². The number of carbonyl (C=O) groups excluding carboxylic acids is 2. The number of benzene rings is 1. The highest BCUT2D eigenvalue weighted by Gasteiger charge is 2.27. The second kappa shape index (κ2) is 16.3. The minimum atomic E-state index is -0.925. The molecule has 200 valence electrons. The Morgan fingerprint density at radius 1 is 1.11 bits per heavy atom. The number of ether oxygens (including phenoxy) is 3. The van der Waals surface area contributed by atoms with Crippen molar-refractivity contribution in [1.82, 2.24) is 10.2 Å². The Hall–Kier alpha value is -2.36. The fourth-order valence-corrected chi connectivity index (χ4v) is 3.56. The third-order valence-electron chi connectivity index (χ3n) is 5.82. The molecule has 2 amide bonds. The van der Waals surface area contributed by atoms with Crippen molar-refractivity contribution in [1.29, 1.82) is 0 Å². The monoisotopic (exact) mass is 495 g/mol. The summed E-state index contributed by atoms with van der Waals surface area (Å²) in [6, 6.07) is 4.20. The van der Waals surface area contributed by atoms with E-state index in [4.69, 9.17) is 19.9 Å². The van der Waals surface area contributed by atoms with E-state index in [1.165, 1.54) is 0 Å². The Kier molecular flexibility index (Phi) is 14.3. The fraction of sp³-hybridized carbons (Fsp3) is 0.692. The Labute approximate surface area is 210 Å². The van der Waals surface area contributed by atoms with Crippen molar-refractivity contribution >= 4 is 11.8 Å². The average Bonchev–Trinajstić information content (AvgIpc) is 2.84. The summed E-state index contributed by atoms with van der Waals surface area (Å²) in [5.41, 5.74) is 6.72. The molecule has 0 aliphatic heterocycles. The minimum Gasteiger partial charge on any atom is -0.493 e. The van der Waals surface area contributed by atoms with Gasteiger partial charge >= 0.3 is 0 Å². The fourth-order valence-electron chi connectivity index (χ4n) is 3.56. The number of hydrogen-bond donors (Lipinski definition) is 3. The van der Waals surface area contributed by atoms with Crippen LogP contribution in [0.15, 0.2) is 18.2 Å². The first-order valence-corrected chi connectivity index (χ1v) is 12.5. The molecular formula is C26H45N3O6. The van der Waals surface area contributed by atoms with Crippen LogP contribution in [0, 0.1) is 5.92 Å². The Bertz CT molecular complexity index is 773. The van der Waals surface area contributed by atoms with Gasteiger partial charge in [0.2, 0.25) is 5.91 Å². The molecule has 1 rings (SSSR count). The third kappa shape index (κ3) is 10.4. The Morgan fingerprint density at radius 2 is 1.83 bits per heavy atom. The van der Waals surface area contributed by atoms with Crippen molar-refractivity contribution < 1.29 is 28.9 Å². The zero-order chi connectivity index (χ0) is 26.4. The quantitative estimate of drug-likeness (QED) is 0.284. The molecule has 4 N–H and O–H groups in total. The van der Waals surface area contributed by atoms with E-state index in [0.29, 0.717) is 43.2 Å². The lowest BCUT2D eigenvalue weighted by molar-refractivity contribution is -0.125. The highest BCUT2D eigenvalue weighted by Crippen LogP contribution is 2.29. The second-order valence-corrected chi connectivity index (χ2v) is 9.12. The number of nitrogens with one attached hydrogen (secondary N) is 1. The number of nitrogens with zero attached hydrogens (tertiary/aromatic N) is 1. The van der Waals surface area contributed by atoms with Crippen LogP contribution in [0.3, 0.4) is 0 Å². The first-order valence-electron chi connectivity index (χ1n) is 12.5. The van der Waals surface area contributed by atoms with Crippen LogP contribution in [-0.4, -0.2) is 80.5 Å². The molecule has 0 saturated carbocycles. The molecule has 0 radical (unpaired) electrons. The van der Waals surface area contributed by atoms with E-state index in [1.807, 2.05) is 13.8 Å². The summed E-state index contributed by atoms with van der Waals surface area (Å²) in [4.78, 5) is 27.2. The Balaban J connectivity index is 2.85. The predicted octanol–water partition coefficient (Wildman–Crippen LogP) is 2.59. The predicted molar refractivity (Wildman–Crippen MR) is 137 cm³/mol. The lowest BCUT2D eigenvalue weighted by Gasteiger charge is -2.32. The SMILES string of the molecule is CCCCNC(=O)[C@H](C)C[C@H](O)[C@@H](N)CN(C(=O)c1ccc(OC)c(OCCCOC)c1)C(C)C. The zero-order valence-electron chi connectivity index (χ0n) is 22.2. The highest BCUT2D eigenvalue weighted by atomic mass is 16.5. The van der Waals surface area contributed by atoms with Crippen LogP contribution < -0.4 is 20.5 Å². The zero-order valence-corrected chi connectivity index (χ0v) is 22.2. The number of carbonyl (C=O) groups is 2. The maximum atomic E-state index is 13.4. The number of methoxy groups -OCH3 is 2. The van der Waals surface area contributed by atoms with Crippen molar-refractivity contribution in [3.8, 4) is 11.5 Å². The molecule has 0 bridgehead atoms. The standard InChI is InChI=1S/C26H45N3O6/c1-7-8-12-28-25(31)19(4)15-22(30)21(27)17-29(18(2)3)26(32)20-10-11-23(34-6)24(16-20)35-14-9-13-33-5/h10-11,16,18-19,21-22,30H,7-9,12-15,17,27H2,1-6H3,(H,28,31)/t19-,21+,22+/m1/s1. The van der Waals surface area contributed by atoms with Crippen molar-refractivity contribution in [3.63, 3.8) is 0 Å². The van der Waals surface area contributed by atoms with E-state index in [-0.39, 0.29) is 36.7 Å². The molecule has 0 unspecified atom stereocenters. The third-order valence-corrected chi connectivity index (χ3v) is 5.82. The van der Waals surface area contributed by atoms with Gasteiger partial charge in [-0.3, -0.25) is 9.59 Å². The van der Waals surface area contributed by atoms with E-state index in [9.17, 15) is 14.7 Å². The summed E-state index contributed by atoms with van der Waals surface area (Å²) in [5, 5.41) is 13.5. The average molecular weight is 496 g/mol. The number of unbranched alkanes of at least 4 members (excludes halogenated alkanes) is 1. The molecule has 0 fully saturated rings. The summed E-state index contributed by atoms with van der Waals surface area (Å²) in [6.07, 6.45) is 1.92. The molecule has 35 heavy (non-hydrogen) atoms. The van der Waals surface area contributed by atoms with Crippen LogP contribution in [0.4, 0.5) is 0 Å². The van der Waals surface area contributed by atoms with Gasteiger partial charge in [-0.05, 0) is 44.9 Å². The normalized spacial score (nSPS) is 13.7. The maximum Gasteiger partial charge on any atom is 0.254 e. The molecule has 1 aromatic rings. The van der Waals surface area contributed by atoms with E-state index in [0.717, 1.165) is 12.8 Å². The smallest absolute Gasteiger partial charge is 0.254 e. The molecule has 0 aliphatic rings. The summed E-state index contributed by atoms with van der Waals surface area (Å²) in [5.74, 6) is 0.310. The van der Waals surface area contributed by atoms with Gasteiger partial charge in [-0.25, -0.2) is 0 Å². The number of aliphatic hydroxyl groups excluding tert-OH is 1. The van der Waals surface area contributed by atoms with E-state index in [2.05, 4.69) is 12.2 Å². The molecule has 3 atom stereocenters. The number of nitrogens with two attached hydrogens (primary N) is 1. The summed E-state index contributed by atoms with van der Waals surface area (Å²) in [6.45, 7) is 9.39. The van der Waals surface area contributed by atoms with Gasteiger partial charge in [0.1, 0.15) is 0 Å². The van der Waals surface area contributed by atoms with Gasteiger partial charge in [-0.2, -0.15) is 0 Å². The van der Waals surface area contributed by atoms with Gasteiger partial charge in [0.05, 0.1) is 19.8 Å². The second-order valence-electron chi connectivity index (χ2n) is 9.12. The molecule has 9 heteroatoms. The van der Waals surface area contributed by atoms with E-state index in [1.54, 1.807) is 44.2 Å². The van der Waals surface area contributed by atoms with Crippen LogP contribution in [0.5, 0.6) is 11.5 Å². The number of hydrogen-bond acceptors (Lipinski definition) is 7. The lowest BCUT2D eigenvalue weighted by atomic mass is 9.97. The molecule has 0 heterocycles. The molecule has 9 nitrogen and oxygen atoms in total. The van der Waals surface area contributed by atoms with Crippen molar-refractivity contribution in [3.05, 3.63) is 23.8 Å². The first kappa shape index (κ1) is 30.7. The van der Waals surface area contributed by atoms with E-state index < -0.39 is 12.1 Å². The first-order chi connectivity index (χ1) is 16.7. The van der Waals surface area contributed by atoms with Crippen LogP contribution in [-0.2, 0) is 9.53 Å². The molecule has 0 spiro atoms. The van der Waals surface area contributed by atoms with Gasteiger partial charge in [-0.15, -0.1) is 0 Å². The van der Waals surface area contributed by atoms with E-state index >= 15 is 0 Å². The van der Waals surface area contributed by atoms with Gasteiger partial charge in [0.15, 0.2) is 11.5 Å². The van der Waals surface area contributed by atoms with Crippen molar-refractivity contribution in [2.45, 2.75) is 71.6 Å². The number of rotatable bonds is 17. The van der Waals surface area contributed by atoms with Crippen molar-refractivity contribution in [2.75, 3.05) is 40.5 Å². The highest BCUT2D eigenvalue weighted by molar-refractivity contribution is 5.95. The van der Waals surface area contributed by atoms with Crippen LogP contribution in [0.25, 0.3) is 0 Å². The van der Waals surface area contributed by atoms with Crippen LogP contribution in [0.1, 0.15) is 63.7 Å². The topological polar surface area (TPSA) is 123 Å². The molecular weight excluding hydrogens is 450 g/mol. The molecule has 1 aromatic carbocycles. The van der Waals surface area contributed by atoms with Crippen LogP contribution in [0.2, 0.25) is 0 Å².